The Morgan fingerprint density at radius 2 is 2.04 bits per heavy atom. The normalized spacial score (nSPS) is 32.5. The van der Waals surface area contributed by atoms with E-state index in [0.29, 0.717) is 19.7 Å². The van der Waals surface area contributed by atoms with Gasteiger partial charge in [0.25, 0.3) is 0 Å². The lowest BCUT2D eigenvalue weighted by molar-refractivity contribution is -0.195. The SMILES string of the molecule is CCOC1CC(NC(=O)C2CC(=O)N(CC)C2)(C(=O)O)C1(C)C. The molecule has 0 radical (unpaired) electrons. The molecule has 7 heteroatoms. The van der Waals surface area contributed by atoms with Crippen molar-refractivity contribution in [2.75, 3.05) is 19.7 Å². The molecule has 1 saturated heterocycles. The molecule has 1 aliphatic heterocycles. The molecular weight excluding hydrogens is 300 g/mol. The van der Waals surface area contributed by atoms with Crippen molar-refractivity contribution in [3.8, 4) is 0 Å². The van der Waals surface area contributed by atoms with E-state index in [9.17, 15) is 19.5 Å². The second kappa shape index (κ2) is 6.11. The summed E-state index contributed by atoms with van der Waals surface area (Å²) >= 11 is 0. The van der Waals surface area contributed by atoms with Gasteiger partial charge < -0.3 is 20.1 Å². The number of carbonyl (C=O) groups is 3. The lowest BCUT2D eigenvalue weighted by atomic mass is 9.54. The summed E-state index contributed by atoms with van der Waals surface area (Å²) in [7, 11) is 0. The third kappa shape index (κ3) is 2.71. The quantitative estimate of drug-likeness (QED) is 0.746. The molecule has 23 heavy (non-hydrogen) atoms. The van der Waals surface area contributed by atoms with Gasteiger partial charge in [-0.25, -0.2) is 4.79 Å². The van der Waals surface area contributed by atoms with Crippen molar-refractivity contribution in [3.05, 3.63) is 0 Å². The third-order valence-corrected chi connectivity index (χ3v) is 5.43. The Balaban J connectivity index is 2.11. The largest absolute Gasteiger partial charge is 0.479 e. The lowest BCUT2D eigenvalue weighted by Gasteiger charge is -2.58. The molecule has 2 aliphatic rings. The van der Waals surface area contributed by atoms with E-state index < -0.39 is 22.8 Å². The molecule has 1 heterocycles. The number of likely N-dealkylation sites (tertiary alicyclic amines) is 1. The van der Waals surface area contributed by atoms with Crippen LogP contribution >= 0.6 is 0 Å². The Hall–Kier alpha value is -1.63. The molecule has 0 aromatic heterocycles. The van der Waals surface area contributed by atoms with Gasteiger partial charge in [-0.1, -0.05) is 13.8 Å². The highest BCUT2D eigenvalue weighted by atomic mass is 16.5. The van der Waals surface area contributed by atoms with Crippen LogP contribution in [0.25, 0.3) is 0 Å². The average molecular weight is 326 g/mol. The number of aliphatic carboxylic acids is 1. The van der Waals surface area contributed by atoms with Crippen molar-refractivity contribution in [1.29, 1.82) is 0 Å². The summed E-state index contributed by atoms with van der Waals surface area (Å²) in [6, 6.07) is 0. The number of carboxylic acid groups (broad SMARTS) is 1. The number of carbonyl (C=O) groups excluding carboxylic acids is 2. The van der Waals surface area contributed by atoms with Gasteiger partial charge in [0.1, 0.15) is 5.54 Å². The van der Waals surface area contributed by atoms with Gasteiger partial charge in [-0.05, 0) is 13.8 Å². The Morgan fingerprint density at radius 3 is 2.48 bits per heavy atom. The summed E-state index contributed by atoms with van der Waals surface area (Å²) in [5.41, 5.74) is -2.05. The number of ether oxygens (including phenoxy) is 1. The molecule has 2 fully saturated rings. The number of rotatable bonds is 6. The van der Waals surface area contributed by atoms with Gasteiger partial charge in [0.15, 0.2) is 0 Å². The van der Waals surface area contributed by atoms with Crippen LogP contribution in [0.1, 0.15) is 40.5 Å². The molecule has 2 N–H and O–H groups in total. The highest BCUT2D eigenvalue weighted by Crippen LogP contribution is 2.51. The number of nitrogens with one attached hydrogen (secondary N) is 1. The minimum Gasteiger partial charge on any atom is -0.479 e. The maximum atomic E-state index is 12.5. The summed E-state index contributed by atoms with van der Waals surface area (Å²) in [6.45, 7) is 8.72. The first-order valence-electron chi connectivity index (χ1n) is 8.14. The molecule has 2 amide bonds. The predicted octanol–water partition coefficient (Wildman–Crippen LogP) is 0.629. The Bertz CT molecular complexity index is 519. The van der Waals surface area contributed by atoms with Crippen molar-refractivity contribution in [2.45, 2.75) is 52.2 Å². The predicted molar refractivity (Wildman–Crippen MR) is 82.7 cm³/mol. The zero-order valence-electron chi connectivity index (χ0n) is 14.2. The standard InChI is InChI=1S/C16H26N2O5/c1-5-18-9-10(7-12(18)19)13(20)17-16(14(21)22)8-11(23-6-2)15(16,3)4/h10-11H,5-9H2,1-4H3,(H,17,20)(H,21,22). The molecule has 3 unspecified atom stereocenters. The van der Waals surface area contributed by atoms with E-state index in [1.807, 2.05) is 13.8 Å². The van der Waals surface area contributed by atoms with Crippen LogP contribution in [-0.4, -0.2) is 59.1 Å². The smallest absolute Gasteiger partial charge is 0.330 e. The van der Waals surface area contributed by atoms with Crippen LogP contribution in [-0.2, 0) is 19.1 Å². The summed E-state index contributed by atoms with van der Waals surface area (Å²) in [5, 5.41) is 12.4. The van der Waals surface area contributed by atoms with Crippen molar-refractivity contribution >= 4 is 17.8 Å². The summed E-state index contributed by atoms with van der Waals surface area (Å²) in [4.78, 5) is 37.8. The molecule has 1 saturated carbocycles. The van der Waals surface area contributed by atoms with Crippen LogP contribution in [0.4, 0.5) is 0 Å². The fourth-order valence-corrected chi connectivity index (χ4v) is 3.60. The molecule has 0 aromatic carbocycles. The highest BCUT2D eigenvalue weighted by molar-refractivity contribution is 5.93. The topological polar surface area (TPSA) is 95.9 Å². The maximum absolute atomic E-state index is 12.5. The Morgan fingerprint density at radius 1 is 1.39 bits per heavy atom. The van der Waals surface area contributed by atoms with E-state index in [2.05, 4.69) is 5.32 Å². The number of hydrogen-bond donors (Lipinski definition) is 2. The van der Waals surface area contributed by atoms with Crippen LogP contribution in [0.15, 0.2) is 0 Å². The average Bonchev–Trinajstić information content (AvgIpc) is 2.86. The van der Waals surface area contributed by atoms with Crippen molar-refractivity contribution < 1.29 is 24.2 Å². The van der Waals surface area contributed by atoms with Crippen LogP contribution in [0.2, 0.25) is 0 Å². The molecule has 7 nitrogen and oxygen atoms in total. The molecular formula is C16H26N2O5. The first kappa shape index (κ1) is 17.7. The Kier molecular flexibility index (Phi) is 4.71. The van der Waals surface area contributed by atoms with Gasteiger partial charge in [0, 0.05) is 38.0 Å². The van der Waals surface area contributed by atoms with Gasteiger partial charge >= 0.3 is 5.97 Å². The fraction of sp³-hybridized carbons (Fsp3) is 0.812. The van der Waals surface area contributed by atoms with Crippen LogP contribution in [0.5, 0.6) is 0 Å². The van der Waals surface area contributed by atoms with E-state index in [4.69, 9.17) is 4.74 Å². The number of amides is 2. The molecule has 2 rings (SSSR count). The summed E-state index contributed by atoms with van der Waals surface area (Å²) in [5.74, 6) is -1.96. The van der Waals surface area contributed by atoms with Crippen LogP contribution in [0.3, 0.4) is 0 Å². The highest BCUT2D eigenvalue weighted by Gasteiger charge is 2.66. The third-order valence-electron chi connectivity index (χ3n) is 5.43. The van der Waals surface area contributed by atoms with Crippen molar-refractivity contribution in [1.82, 2.24) is 10.2 Å². The summed E-state index contributed by atoms with van der Waals surface area (Å²) < 4.78 is 5.58. The number of carboxylic acids is 1. The fourth-order valence-electron chi connectivity index (χ4n) is 3.60. The van der Waals surface area contributed by atoms with E-state index >= 15 is 0 Å². The van der Waals surface area contributed by atoms with E-state index in [1.165, 1.54) is 0 Å². The minimum atomic E-state index is -1.34. The first-order valence-corrected chi connectivity index (χ1v) is 8.14. The minimum absolute atomic E-state index is 0.0583. The van der Waals surface area contributed by atoms with Gasteiger partial charge in [0.05, 0.1) is 12.0 Å². The van der Waals surface area contributed by atoms with Gasteiger partial charge in [-0.15, -0.1) is 0 Å². The number of nitrogens with zero attached hydrogens (tertiary/aromatic N) is 1. The lowest BCUT2D eigenvalue weighted by Crippen LogP contribution is -2.76. The van der Waals surface area contributed by atoms with E-state index in [-0.39, 0.29) is 30.8 Å². The van der Waals surface area contributed by atoms with Gasteiger partial charge in [-0.3, -0.25) is 9.59 Å². The molecule has 0 aromatic rings. The summed E-state index contributed by atoms with van der Waals surface area (Å²) in [6.07, 6.45) is 0.179. The van der Waals surface area contributed by atoms with Crippen molar-refractivity contribution in [2.24, 2.45) is 11.3 Å². The molecule has 0 bridgehead atoms. The molecule has 0 spiro atoms. The molecule has 3 atom stereocenters. The van der Waals surface area contributed by atoms with E-state index in [0.717, 1.165) is 0 Å². The maximum Gasteiger partial charge on any atom is 0.330 e. The number of hydrogen-bond acceptors (Lipinski definition) is 4. The molecule has 1 aliphatic carbocycles. The van der Waals surface area contributed by atoms with E-state index in [1.54, 1.807) is 18.7 Å². The zero-order chi connectivity index (χ0) is 17.4. The second-order valence-electron chi connectivity index (χ2n) is 6.90. The van der Waals surface area contributed by atoms with Gasteiger partial charge in [0.2, 0.25) is 11.8 Å². The first-order chi connectivity index (χ1) is 10.7. The monoisotopic (exact) mass is 326 g/mol. The van der Waals surface area contributed by atoms with Crippen molar-refractivity contribution in [3.63, 3.8) is 0 Å². The zero-order valence-corrected chi connectivity index (χ0v) is 14.2. The Labute approximate surface area is 136 Å². The van der Waals surface area contributed by atoms with Crippen LogP contribution in [0, 0.1) is 11.3 Å². The second-order valence-corrected chi connectivity index (χ2v) is 6.90. The van der Waals surface area contributed by atoms with Crippen LogP contribution < -0.4 is 5.32 Å². The van der Waals surface area contributed by atoms with Gasteiger partial charge in [-0.2, -0.15) is 0 Å². The molecule has 130 valence electrons.